The summed E-state index contributed by atoms with van der Waals surface area (Å²) in [5.74, 6) is -0.393. The zero-order valence-corrected chi connectivity index (χ0v) is 27.0. The average molecular weight is 697 g/mol. The van der Waals surface area contributed by atoms with Crippen molar-refractivity contribution in [3.63, 3.8) is 0 Å². The number of hydrogen-bond donors (Lipinski definition) is 1. The predicted octanol–water partition coefficient (Wildman–Crippen LogP) is 7.04. The number of anilines is 2. The number of nitrogens with one attached hydrogen (secondary N) is 1. The fourth-order valence-corrected chi connectivity index (χ4v) is 6.22. The molecular formula is C31H31ClF6N8O2. The van der Waals surface area contributed by atoms with Crippen molar-refractivity contribution < 1.29 is 35.9 Å². The highest BCUT2D eigenvalue weighted by atomic mass is 35.5. The molecule has 0 unspecified atom stereocenters. The van der Waals surface area contributed by atoms with Gasteiger partial charge in [-0.1, -0.05) is 11.6 Å². The van der Waals surface area contributed by atoms with Crippen molar-refractivity contribution in [3.05, 3.63) is 69.9 Å². The number of nitrogens with zero attached hydrogens (tertiary/aromatic N) is 7. The van der Waals surface area contributed by atoms with Crippen LogP contribution < -0.4 is 9.80 Å². The summed E-state index contributed by atoms with van der Waals surface area (Å²) >= 11 is 6.26. The highest BCUT2D eigenvalue weighted by Gasteiger charge is 2.42. The molecule has 0 aliphatic carbocycles. The number of aromatic nitrogens is 5. The summed E-state index contributed by atoms with van der Waals surface area (Å²) in [6.45, 7) is 8.39. The van der Waals surface area contributed by atoms with Crippen molar-refractivity contribution in [1.82, 2.24) is 29.8 Å². The van der Waals surface area contributed by atoms with Gasteiger partial charge in [0.15, 0.2) is 11.4 Å². The molecule has 0 bridgehead atoms. The van der Waals surface area contributed by atoms with Crippen LogP contribution in [0.2, 0.25) is 5.02 Å². The molecule has 1 fully saturated rings. The molecule has 2 aliphatic rings. The summed E-state index contributed by atoms with van der Waals surface area (Å²) in [7, 11) is 0. The molecule has 1 amide bonds. The molecule has 48 heavy (non-hydrogen) atoms. The van der Waals surface area contributed by atoms with Crippen molar-refractivity contribution in [2.24, 2.45) is 0 Å². The molecular weight excluding hydrogens is 666 g/mol. The normalized spacial score (nSPS) is 19.1. The van der Waals surface area contributed by atoms with Gasteiger partial charge >= 0.3 is 18.4 Å². The van der Waals surface area contributed by atoms with Gasteiger partial charge in [-0.15, -0.1) is 0 Å². The molecule has 3 aromatic heterocycles. The number of aromatic amines is 1. The number of hydrogen-bond acceptors (Lipinski definition) is 8. The first-order chi connectivity index (χ1) is 22.4. The molecule has 10 nitrogen and oxygen atoms in total. The lowest BCUT2D eigenvalue weighted by molar-refractivity contribution is -0.147. The van der Waals surface area contributed by atoms with Gasteiger partial charge in [-0.25, -0.2) is 24.7 Å². The van der Waals surface area contributed by atoms with Crippen LogP contribution in [-0.2, 0) is 23.5 Å². The van der Waals surface area contributed by atoms with Gasteiger partial charge in [0.25, 0.3) is 0 Å². The molecule has 0 saturated carbocycles. The molecule has 1 N–H and O–H groups in total. The molecule has 1 aromatic carbocycles. The van der Waals surface area contributed by atoms with E-state index in [9.17, 15) is 31.1 Å². The van der Waals surface area contributed by atoms with Gasteiger partial charge in [0.05, 0.1) is 0 Å². The molecule has 256 valence electrons. The number of rotatable bonds is 3. The van der Waals surface area contributed by atoms with Crippen LogP contribution in [0.1, 0.15) is 61.9 Å². The summed E-state index contributed by atoms with van der Waals surface area (Å²) in [4.78, 5) is 37.0. The van der Waals surface area contributed by atoms with Crippen molar-refractivity contribution in [1.29, 1.82) is 0 Å². The number of halogens is 7. The molecule has 5 heterocycles. The van der Waals surface area contributed by atoms with Crippen LogP contribution in [0.4, 0.5) is 43.0 Å². The van der Waals surface area contributed by atoms with Crippen LogP contribution in [0.15, 0.2) is 36.7 Å². The summed E-state index contributed by atoms with van der Waals surface area (Å²) in [5, 5.41) is 1.24. The van der Waals surface area contributed by atoms with E-state index in [-0.39, 0.29) is 25.1 Å². The maximum absolute atomic E-state index is 13.8. The Morgan fingerprint density at radius 2 is 1.58 bits per heavy atom. The second-order valence-corrected chi connectivity index (χ2v) is 13.2. The molecule has 2 atom stereocenters. The Kier molecular flexibility index (Phi) is 8.37. The number of benzene rings is 1. The van der Waals surface area contributed by atoms with Gasteiger partial charge in [0.1, 0.15) is 11.6 Å². The van der Waals surface area contributed by atoms with Gasteiger partial charge in [-0.2, -0.15) is 26.3 Å². The molecule has 0 radical (unpaired) electrons. The minimum absolute atomic E-state index is 0.0123. The van der Waals surface area contributed by atoms with E-state index in [1.54, 1.807) is 43.9 Å². The fourth-order valence-electron chi connectivity index (χ4n) is 6.04. The zero-order valence-electron chi connectivity index (χ0n) is 26.2. The van der Waals surface area contributed by atoms with E-state index < -0.39 is 47.4 Å². The Labute approximate surface area is 276 Å². The van der Waals surface area contributed by atoms with Crippen LogP contribution in [0, 0.1) is 0 Å². The first-order valence-electron chi connectivity index (χ1n) is 15.1. The predicted molar refractivity (Wildman–Crippen MR) is 165 cm³/mol. The third-order valence-corrected chi connectivity index (χ3v) is 8.39. The lowest BCUT2D eigenvalue weighted by Gasteiger charge is -2.40. The molecule has 4 aromatic rings. The number of carbonyl (C=O) groups excluding carboxylic acids is 1. The largest absolute Gasteiger partial charge is 0.444 e. The number of alkyl halides is 6. The highest BCUT2D eigenvalue weighted by Crippen LogP contribution is 2.42. The second-order valence-electron chi connectivity index (χ2n) is 12.8. The Hall–Kier alpha value is -4.34. The van der Waals surface area contributed by atoms with Crippen LogP contribution >= 0.6 is 11.6 Å². The smallest absolute Gasteiger partial charge is 0.433 e. The van der Waals surface area contributed by atoms with E-state index in [2.05, 4.69) is 24.9 Å². The topological polar surface area (TPSA) is 103 Å². The van der Waals surface area contributed by atoms with Crippen molar-refractivity contribution in [2.45, 2.75) is 64.2 Å². The summed E-state index contributed by atoms with van der Waals surface area (Å²) in [6, 6.07) is 3.87. The van der Waals surface area contributed by atoms with Gasteiger partial charge in [-0.3, -0.25) is 0 Å². The molecule has 17 heteroatoms. The van der Waals surface area contributed by atoms with E-state index >= 15 is 0 Å². The highest BCUT2D eigenvalue weighted by molar-refractivity contribution is 6.31. The van der Waals surface area contributed by atoms with Crippen molar-refractivity contribution in [2.75, 3.05) is 36.0 Å². The van der Waals surface area contributed by atoms with Crippen LogP contribution in [0.5, 0.6) is 0 Å². The van der Waals surface area contributed by atoms with Crippen molar-refractivity contribution >= 4 is 40.5 Å². The molecule has 2 aliphatic heterocycles. The second kappa shape index (κ2) is 12.0. The van der Waals surface area contributed by atoms with Gasteiger partial charge < -0.3 is 24.4 Å². The minimum atomic E-state index is -5.15. The first-order valence-corrected chi connectivity index (χ1v) is 15.4. The zero-order chi connectivity index (χ0) is 34.8. The SMILES string of the molecule is C[C@@H]1CN(c2ncc([C@H]3c4[nH]c5ccc(Cl)cc5c4CCN3c3nc(C(F)(F)F)cc(C(F)(F)F)n3)cn2)CCN1C(=O)OC(C)(C)C. The lowest BCUT2D eigenvalue weighted by atomic mass is 9.94. The van der Waals surface area contributed by atoms with Crippen molar-refractivity contribution in [3.8, 4) is 0 Å². The van der Waals surface area contributed by atoms with Crippen LogP contribution in [0.25, 0.3) is 10.9 Å². The summed E-state index contributed by atoms with van der Waals surface area (Å²) in [5.41, 5.74) is -1.68. The van der Waals surface area contributed by atoms with Gasteiger partial charge in [-0.05, 0) is 63.9 Å². The summed E-state index contributed by atoms with van der Waals surface area (Å²) in [6.07, 6.45) is -7.51. The lowest BCUT2D eigenvalue weighted by Crippen LogP contribution is -2.55. The minimum Gasteiger partial charge on any atom is -0.444 e. The Bertz CT molecular complexity index is 1810. The van der Waals surface area contributed by atoms with E-state index in [0.29, 0.717) is 47.4 Å². The van der Waals surface area contributed by atoms with E-state index in [1.165, 1.54) is 17.3 Å². The Morgan fingerprint density at radius 1 is 0.938 bits per heavy atom. The number of carbonyl (C=O) groups is 1. The molecule has 6 rings (SSSR count). The monoisotopic (exact) mass is 696 g/mol. The van der Waals surface area contributed by atoms with E-state index in [4.69, 9.17) is 16.3 Å². The third kappa shape index (κ3) is 6.66. The average Bonchev–Trinajstić information content (AvgIpc) is 3.36. The van der Waals surface area contributed by atoms with Gasteiger partial charge in [0.2, 0.25) is 11.9 Å². The quantitative estimate of drug-likeness (QED) is 0.228. The van der Waals surface area contributed by atoms with Crippen LogP contribution in [0.3, 0.4) is 0 Å². The van der Waals surface area contributed by atoms with E-state index in [1.807, 2.05) is 11.8 Å². The maximum Gasteiger partial charge on any atom is 0.433 e. The Morgan fingerprint density at radius 3 is 2.17 bits per heavy atom. The number of H-pyrrole nitrogens is 1. The number of piperazine rings is 1. The molecule has 1 saturated heterocycles. The fraction of sp³-hybridized carbons (Fsp3) is 0.452. The molecule has 0 spiro atoms. The van der Waals surface area contributed by atoms with Gasteiger partial charge in [0, 0.05) is 71.8 Å². The van der Waals surface area contributed by atoms with Crippen LogP contribution in [-0.4, -0.2) is 73.7 Å². The number of amides is 1. The first kappa shape index (κ1) is 33.6. The standard InChI is InChI=1S/C31H31ClF6N8O2/c1-16-15-44(9-10-45(16)28(47)48-29(2,3)4)26-39-13-17(14-40-26)25-24-19(20-11-18(32)5-6-21(20)41-24)7-8-46(25)27-42-22(30(33,34)35)12-23(43-27)31(36,37)38/h5-6,11-14,16,25,41H,7-10,15H2,1-4H3/t16-,25+/m1/s1. The number of ether oxygens (including phenoxy) is 1. The number of fused-ring (bicyclic) bond motifs is 3. The third-order valence-electron chi connectivity index (χ3n) is 8.15. The summed E-state index contributed by atoms with van der Waals surface area (Å²) < 4.78 is 88.2. The van der Waals surface area contributed by atoms with E-state index in [0.717, 1.165) is 10.9 Å². The Balaban J connectivity index is 1.37. The maximum atomic E-state index is 13.8.